The first-order chi connectivity index (χ1) is 14.5. The van der Waals surface area contributed by atoms with E-state index < -0.39 is 12.2 Å². The molecule has 1 saturated heterocycles. The summed E-state index contributed by atoms with van der Waals surface area (Å²) in [5, 5.41) is 10.6. The number of amides is 1. The largest absolute Gasteiger partial charge is 0.479 e. The minimum atomic E-state index is -0.551. The SMILES string of the molecule is CC(O)c1cc2nccc(-c3cc(Cl)cc4c3OC(C(=O)N3CCCCC3)C4)c2s1. The molecule has 5 rings (SSSR count). The molecule has 0 aliphatic carbocycles. The van der Waals surface area contributed by atoms with Crippen LogP contribution in [0.4, 0.5) is 0 Å². The second-order valence-corrected chi connectivity index (χ2v) is 9.56. The van der Waals surface area contributed by atoms with Gasteiger partial charge in [-0.3, -0.25) is 9.78 Å². The van der Waals surface area contributed by atoms with Gasteiger partial charge in [-0.1, -0.05) is 11.6 Å². The predicted octanol–water partition coefficient (Wildman–Crippen LogP) is 4.99. The number of hydrogen-bond acceptors (Lipinski definition) is 5. The highest BCUT2D eigenvalue weighted by molar-refractivity contribution is 7.19. The van der Waals surface area contributed by atoms with Crippen LogP contribution in [0, 0.1) is 0 Å². The van der Waals surface area contributed by atoms with Gasteiger partial charge in [0.15, 0.2) is 6.10 Å². The number of aliphatic hydroxyl groups is 1. The first kappa shape index (κ1) is 19.8. The fourth-order valence-corrected chi connectivity index (χ4v) is 5.68. The van der Waals surface area contributed by atoms with Crippen LogP contribution in [0.25, 0.3) is 21.3 Å². The van der Waals surface area contributed by atoms with E-state index in [2.05, 4.69) is 4.98 Å². The summed E-state index contributed by atoms with van der Waals surface area (Å²) in [6.07, 6.45) is 4.55. The fraction of sp³-hybridized carbons (Fsp3) is 0.391. The van der Waals surface area contributed by atoms with Crippen molar-refractivity contribution in [2.75, 3.05) is 13.1 Å². The smallest absolute Gasteiger partial charge is 0.263 e. The van der Waals surface area contributed by atoms with Gasteiger partial charge in [0.25, 0.3) is 5.91 Å². The highest BCUT2D eigenvalue weighted by Crippen LogP contribution is 2.45. The van der Waals surface area contributed by atoms with Gasteiger partial charge in [0.1, 0.15) is 5.75 Å². The number of ether oxygens (including phenoxy) is 1. The Kier molecular flexibility index (Phi) is 5.17. The maximum atomic E-state index is 13.0. The van der Waals surface area contributed by atoms with Gasteiger partial charge in [0.2, 0.25) is 0 Å². The molecule has 0 saturated carbocycles. The Morgan fingerprint density at radius 1 is 1.27 bits per heavy atom. The Morgan fingerprint density at radius 2 is 2.07 bits per heavy atom. The monoisotopic (exact) mass is 442 g/mol. The molecule has 2 unspecified atom stereocenters. The number of rotatable bonds is 3. The zero-order valence-corrected chi connectivity index (χ0v) is 18.3. The van der Waals surface area contributed by atoms with Crippen molar-refractivity contribution in [1.29, 1.82) is 0 Å². The van der Waals surface area contributed by atoms with E-state index in [0.717, 1.165) is 63.5 Å². The summed E-state index contributed by atoms with van der Waals surface area (Å²) in [6.45, 7) is 3.37. The number of carbonyl (C=O) groups excluding carboxylic acids is 1. The second-order valence-electron chi connectivity index (χ2n) is 8.04. The van der Waals surface area contributed by atoms with E-state index in [1.807, 2.05) is 29.2 Å². The molecule has 1 N–H and O–H groups in total. The molecule has 4 heterocycles. The van der Waals surface area contributed by atoms with E-state index in [-0.39, 0.29) is 5.91 Å². The molecule has 0 spiro atoms. The Balaban J connectivity index is 1.54. The van der Waals surface area contributed by atoms with Crippen molar-refractivity contribution >= 4 is 39.1 Å². The predicted molar refractivity (Wildman–Crippen MR) is 119 cm³/mol. The van der Waals surface area contributed by atoms with Gasteiger partial charge in [0.05, 0.1) is 16.3 Å². The molecule has 7 heteroatoms. The molecular formula is C23H23ClN2O3S. The van der Waals surface area contributed by atoms with Crippen molar-refractivity contribution < 1.29 is 14.6 Å². The Labute approximate surface area is 184 Å². The van der Waals surface area contributed by atoms with Crippen LogP contribution in [-0.2, 0) is 11.2 Å². The molecule has 5 nitrogen and oxygen atoms in total. The number of carbonyl (C=O) groups is 1. The van der Waals surface area contributed by atoms with Gasteiger partial charge in [-0.05, 0) is 50.5 Å². The Morgan fingerprint density at radius 3 is 2.83 bits per heavy atom. The molecule has 0 bridgehead atoms. The van der Waals surface area contributed by atoms with Crippen molar-refractivity contribution in [1.82, 2.24) is 9.88 Å². The molecule has 2 aliphatic heterocycles. The minimum absolute atomic E-state index is 0.0698. The van der Waals surface area contributed by atoms with Crippen LogP contribution in [0.1, 0.15) is 42.7 Å². The van der Waals surface area contributed by atoms with Gasteiger partial charge in [-0.2, -0.15) is 0 Å². The number of fused-ring (bicyclic) bond motifs is 2. The first-order valence-electron chi connectivity index (χ1n) is 10.4. The van der Waals surface area contributed by atoms with Crippen LogP contribution in [0.2, 0.25) is 5.02 Å². The topological polar surface area (TPSA) is 62.7 Å². The number of hydrogen-bond donors (Lipinski definition) is 1. The lowest BCUT2D eigenvalue weighted by Gasteiger charge is -2.28. The van der Waals surface area contributed by atoms with Crippen molar-refractivity contribution in [2.45, 2.75) is 44.8 Å². The van der Waals surface area contributed by atoms with Crippen LogP contribution < -0.4 is 4.74 Å². The summed E-state index contributed by atoms with van der Waals surface area (Å²) >= 11 is 7.98. The third kappa shape index (κ3) is 3.47. The van der Waals surface area contributed by atoms with E-state index >= 15 is 0 Å². The van der Waals surface area contributed by atoms with Crippen LogP contribution in [0.5, 0.6) is 5.75 Å². The van der Waals surface area contributed by atoms with Crippen LogP contribution in [-0.4, -0.2) is 40.1 Å². The number of aliphatic hydroxyl groups excluding tert-OH is 1. The average Bonchev–Trinajstić information content (AvgIpc) is 3.37. The van der Waals surface area contributed by atoms with E-state index in [0.29, 0.717) is 11.4 Å². The van der Waals surface area contributed by atoms with Crippen molar-refractivity contribution in [3.05, 3.63) is 45.9 Å². The minimum Gasteiger partial charge on any atom is -0.479 e. The lowest BCUT2D eigenvalue weighted by Crippen LogP contribution is -2.43. The first-order valence-corrected chi connectivity index (χ1v) is 11.6. The standard InChI is InChI=1S/C23H23ClN2O3S/c1-13(27)20-12-18-22(30-20)16(5-6-25-18)17-11-15(24)9-14-10-19(29-21(14)17)23(28)26-7-3-2-4-8-26/h5-6,9,11-13,19,27H,2-4,7-8,10H2,1H3. The zero-order chi connectivity index (χ0) is 20.8. The van der Waals surface area contributed by atoms with E-state index in [1.54, 1.807) is 13.1 Å². The maximum Gasteiger partial charge on any atom is 0.263 e. The highest BCUT2D eigenvalue weighted by Gasteiger charge is 2.35. The molecule has 2 aromatic heterocycles. The maximum absolute atomic E-state index is 13.0. The third-order valence-corrected chi connectivity index (χ3v) is 7.42. The van der Waals surface area contributed by atoms with E-state index in [1.165, 1.54) is 17.8 Å². The molecule has 30 heavy (non-hydrogen) atoms. The number of aromatic nitrogens is 1. The van der Waals surface area contributed by atoms with Gasteiger partial charge < -0.3 is 14.7 Å². The second kappa shape index (κ2) is 7.84. The van der Waals surface area contributed by atoms with Gasteiger partial charge in [-0.15, -0.1) is 11.3 Å². The summed E-state index contributed by atoms with van der Waals surface area (Å²) in [5.74, 6) is 0.801. The quantitative estimate of drug-likeness (QED) is 0.621. The summed E-state index contributed by atoms with van der Waals surface area (Å²) in [4.78, 5) is 20.3. The summed E-state index contributed by atoms with van der Waals surface area (Å²) in [5.41, 5.74) is 3.63. The molecule has 1 aromatic carbocycles. The van der Waals surface area contributed by atoms with Gasteiger partial charge >= 0.3 is 0 Å². The number of halogens is 1. The highest BCUT2D eigenvalue weighted by atomic mass is 35.5. The molecule has 3 aromatic rings. The molecule has 156 valence electrons. The Bertz CT molecular complexity index is 1120. The van der Waals surface area contributed by atoms with Crippen LogP contribution >= 0.6 is 22.9 Å². The summed E-state index contributed by atoms with van der Waals surface area (Å²) in [6, 6.07) is 7.66. The van der Waals surface area contributed by atoms with Crippen molar-refractivity contribution in [3.63, 3.8) is 0 Å². The normalized spacial score (nSPS) is 19.6. The van der Waals surface area contributed by atoms with Crippen LogP contribution in [0.3, 0.4) is 0 Å². The van der Waals surface area contributed by atoms with Gasteiger partial charge in [-0.25, -0.2) is 0 Å². The number of piperidine rings is 1. The van der Waals surface area contributed by atoms with Crippen molar-refractivity contribution in [3.8, 4) is 16.9 Å². The molecular weight excluding hydrogens is 420 g/mol. The molecule has 2 aliphatic rings. The number of likely N-dealkylation sites (tertiary alicyclic amines) is 1. The third-order valence-electron chi connectivity index (χ3n) is 5.87. The summed E-state index contributed by atoms with van der Waals surface area (Å²) < 4.78 is 7.23. The summed E-state index contributed by atoms with van der Waals surface area (Å²) in [7, 11) is 0. The van der Waals surface area contributed by atoms with E-state index in [4.69, 9.17) is 16.3 Å². The van der Waals surface area contributed by atoms with Crippen LogP contribution in [0.15, 0.2) is 30.5 Å². The molecule has 1 amide bonds. The zero-order valence-electron chi connectivity index (χ0n) is 16.7. The van der Waals surface area contributed by atoms with Gasteiger partial charge in [0, 0.05) is 52.3 Å². The number of pyridine rings is 1. The number of thiophene rings is 1. The lowest BCUT2D eigenvalue weighted by atomic mass is 10.0. The van der Waals surface area contributed by atoms with E-state index in [9.17, 15) is 9.90 Å². The lowest BCUT2D eigenvalue weighted by molar-refractivity contribution is -0.138. The fourth-order valence-electron chi connectivity index (χ4n) is 4.35. The van der Waals surface area contributed by atoms with Crippen molar-refractivity contribution in [2.24, 2.45) is 0 Å². The number of benzene rings is 1. The average molecular weight is 443 g/mol. The molecule has 2 atom stereocenters. The molecule has 1 fully saturated rings. The molecule has 0 radical (unpaired) electrons. The Hall–Kier alpha value is -2.15. The number of nitrogens with zero attached hydrogens (tertiary/aromatic N) is 2.